The zero-order valence-electron chi connectivity index (χ0n) is 16.6. The monoisotopic (exact) mass is 396 g/mol. The van der Waals surface area contributed by atoms with E-state index in [9.17, 15) is 9.18 Å². The summed E-state index contributed by atoms with van der Waals surface area (Å²) in [7, 11) is 0. The Hall–Kier alpha value is -3.21. The van der Waals surface area contributed by atoms with Crippen LogP contribution in [0.4, 0.5) is 21.7 Å². The molecule has 3 N–H and O–H groups in total. The van der Waals surface area contributed by atoms with Gasteiger partial charge in [-0.15, -0.1) is 0 Å². The lowest BCUT2D eigenvalue weighted by Gasteiger charge is -2.23. The Morgan fingerprint density at radius 3 is 2.62 bits per heavy atom. The molecule has 0 aromatic carbocycles. The molecule has 2 aromatic heterocycles. The van der Waals surface area contributed by atoms with Crippen molar-refractivity contribution in [2.24, 2.45) is 0 Å². The number of nitriles is 1. The minimum Gasteiger partial charge on any atom is -0.382 e. The first-order chi connectivity index (χ1) is 14.0. The van der Waals surface area contributed by atoms with Gasteiger partial charge >= 0.3 is 0 Å². The third kappa shape index (κ3) is 5.41. The summed E-state index contributed by atoms with van der Waals surface area (Å²) in [6, 6.07) is 4.90. The predicted octanol–water partition coefficient (Wildman–Crippen LogP) is 4.11. The maximum absolute atomic E-state index is 14.1. The third-order valence-electron chi connectivity index (χ3n) is 4.75. The van der Waals surface area contributed by atoms with Crippen molar-refractivity contribution in [1.29, 1.82) is 5.26 Å². The number of amides is 1. The maximum Gasteiger partial charge on any atom is 0.255 e. The van der Waals surface area contributed by atoms with Crippen LogP contribution in [0.5, 0.6) is 0 Å². The molecule has 8 heteroatoms. The summed E-state index contributed by atoms with van der Waals surface area (Å²) in [6.45, 7) is 3.94. The Morgan fingerprint density at radius 1 is 1.21 bits per heavy atom. The van der Waals surface area contributed by atoms with Crippen molar-refractivity contribution in [3.05, 3.63) is 41.5 Å². The molecule has 29 heavy (non-hydrogen) atoms. The lowest BCUT2D eigenvalue weighted by atomic mass is 9.95. The van der Waals surface area contributed by atoms with Gasteiger partial charge in [0.2, 0.25) is 0 Å². The van der Waals surface area contributed by atoms with Gasteiger partial charge in [0.1, 0.15) is 11.9 Å². The van der Waals surface area contributed by atoms with Crippen molar-refractivity contribution in [3.8, 4) is 6.07 Å². The van der Waals surface area contributed by atoms with Crippen molar-refractivity contribution in [3.63, 3.8) is 0 Å². The molecule has 1 fully saturated rings. The molecule has 7 nitrogen and oxygen atoms in total. The number of nitrogens with zero attached hydrogens (tertiary/aromatic N) is 3. The van der Waals surface area contributed by atoms with Gasteiger partial charge in [0.25, 0.3) is 5.91 Å². The van der Waals surface area contributed by atoms with E-state index in [1.54, 1.807) is 6.07 Å². The topological polar surface area (TPSA) is 103 Å². The summed E-state index contributed by atoms with van der Waals surface area (Å²) < 4.78 is 14.1. The molecule has 1 saturated carbocycles. The van der Waals surface area contributed by atoms with Gasteiger partial charge in [0, 0.05) is 30.5 Å². The van der Waals surface area contributed by atoms with Gasteiger partial charge in [-0.2, -0.15) is 5.26 Å². The average Bonchev–Trinajstić information content (AvgIpc) is 2.70. The number of halogens is 1. The Bertz CT molecular complexity index is 918. The lowest BCUT2D eigenvalue weighted by Crippen LogP contribution is -2.36. The van der Waals surface area contributed by atoms with Crippen LogP contribution in [0.1, 0.15) is 61.9 Å². The molecular formula is C21H25FN6O. The summed E-state index contributed by atoms with van der Waals surface area (Å²) in [5.41, 5.74) is 1.20. The number of carbonyl (C=O) groups is 1. The predicted molar refractivity (Wildman–Crippen MR) is 110 cm³/mol. The zero-order valence-corrected chi connectivity index (χ0v) is 16.6. The van der Waals surface area contributed by atoms with E-state index in [0.29, 0.717) is 17.1 Å². The van der Waals surface area contributed by atoms with Crippen LogP contribution in [-0.4, -0.2) is 28.0 Å². The van der Waals surface area contributed by atoms with Crippen molar-refractivity contribution in [2.75, 3.05) is 10.6 Å². The fourth-order valence-corrected chi connectivity index (χ4v) is 3.36. The van der Waals surface area contributed by atoms with E-state index in [-0.39, 0.29) is 29.4 Å². The summed E-state index contributed by atoms with van der Waals surface area (Å²) in [5.74, 6) is -0.505. The largest absolute Gasteiger partial charge is 0.382 e. The molecule has 3 rings (SSSR count). The Labute approximate surface area is 169 Å². The summed E-state index contributed by atoms with van der Waals surface area (Å²) in [5, 5.41) is 18.0. The molecule has 0 unspecified atom stereocenters. The Morgan fingerprint density at radius 2 is 1.97 bits per heavy atom. The first kappa shape index (κ1) is 20.5. The van der Waals surface area contributed by atoms with Gasteiger partial charge in [-0.25, -0.2) is 14.4 Å². The molecule has 1 aliphatic carbocycles. The van der Waals surface area contributed by atoms with E-state index < -0.39 is 5.82 Å². The number of nitrogens with one attached hydrogen (secondary N) is 3. The van der Waals surface area contributed by atoms with E-state index in [1.807, 2.05) is 19.9 Å². The van der Waals surface area contributed by atoms with Gasteiger partial charge < -0.3 is 16.0 Å². The molecule has 1 aliphatic rings. The molecule has 0 saturated heterocycles. The number of anilines is 3. The third-order valence-corrected chi connectivity index (χ3v) is 4.75. The van der Waals surface area contributed by atoms with Crippen molar-refractivity contribution < 1.29 is 9.18 Å². The van der Waals surface area contributed by atoms with Gasteiger partial charge in [0.15, 0.2) is 11.6 Å². The van der Waals surface area contributed by atoms with Gasteiger partial charge in [-0.05, 0) is 32.8 Å². The molecule has 2 aromatic rings. The average molecular weight is 396 g/mol. The van der Waals surface area contributed by atoms with Gasteiger partial charge in [-0.1, -0.05) is 19.3 Å². The fraction of sp³-hybridized carbons (Fsp3) is 0.429. The Kier molecular flexibility index (Phi) is 6.60. The second-order valence-electron chi connectivity index (χ2n) is 7.51. The molecule has 0 aliphatic heterocycles. The van der Waals surface area contributed by atoms with E-state index >= 15 is 0 Å². The smallest absolute Gasteiger partial charge is 0.255 e. The molecule has 0 atom stereocenters. The molecular weight excluding hydrogens is 371 g/mol. The summed E-state index contributed by atoms with van der Waals surface area (Å²) in [4.78, 5) is 21.0. The molecule has 2 heterocycles. The lowest BCUT2D eigenvalue weighted by molar-refractivity contribution is 0.0928. The van der Waals surface area contributed by atoms with E-state index in [0.717, 1.165) is 31.7 Å². The highest BCUT2D eigenvalue weighted by Gasteiger charge is 2.20. The summed E-state index contributed by atoms with van der Waals surface area (Å²) in [6.07, 6.45) is 8.23. The van der Waals surface area contributed by atoms with Crippen LogP contribution < -0.4 is 16.0 Å². The van der Waals surface area contributed by atoms with Crippen LogP contribution >= 0.6 is 0 Å². The molecule has 0 radical (unpaired) electrons. The van der Waals surface area contributed by atoms with Crippen molar-refractivity contribution in [2.45, 2.75) is 58.0 Å². The highest BCUT2D eigenvalue weighted by molar-refractivity contribution is 6.00. The number of hydrogen-bond acceptors (Lipinski definition) is 6. The quantitative estimate of drug-likeness (QED) is 0.679. The number of rotatable bonds is 6. The minimum atomic E-state index is -0.650. The molecule has 152 valence electrons. The molecule has 0 bridgehead atoms. The standard InChI is InChI=1S/C21H25FN6O/c1-13(2)26-18-9-19(28-20-17(22)8-14(10-23)11-25-20)24-12-16(18)21(29)27-15-6-4-3-5-7-15/h8-9,11-13,15H,3-7H2,1-2H3,(H,27,29)(H2,24,25,26,28). The molecule has 0 spiro atoms. The SMILES string of the molecule is CC(C)Nc1cc(Nc2ncc(C#N)cc2F)ncc1C(=O)NC1CCCCC1. The van der Waals surface area contributed by atoms with Crippen LogP contribution in [0, 0.1) is 17.1 Å². The normalized spacial score (nSPS) is 14.3. The number of carbonyl (C=O) groups excluding carboxylic acids is 1. The Balaban J connectivity index is 1.81. The van der Waals surface area contributed by atoms with Crippen LogP contribution in [0.2, 0.25) is 0 Å². The van der Waals surface area contributed by atoms with Crippen LogP contribution in [0.15, 0.2) is 24.5 Å². The summed E-state index contributed by atoms with van der Waals surface area (Å²) >= 11 is 0. The zero-order chi connectivity index (χ0) is 20.8. The van der Waals surface area contributed by atoms with E-state index in [1.165, 1.54) is 18.8 Å². The van der Waals surface area contributed by atoms with Gasteiger partial charge in [0.05, 0.1) is 16.8 Å². The second kappa shape index (κ2) is 9.32. The van der Waals surface area contributed by atoms with E-state index in [2.05, 4.69) is 25.9 Å². The fourth-order valence-electron chi connectivity index (χ4n) is 3.36. The van der Waals surface area contributed by atoms with Crippen molar-refractivity contribution >= 4 is 23.2 Å². The van der Waals surface area contributed by atoms with Crippen LogP contribution in [-0.2, 0) is 0 Å². The van der Waals surface area contributed by atoms with Crippen molar-refractivity contribution in [1.82, 2.24) is 15.3 Å². The minimum absolute atomic E-state index is 0.0357. The van der Waals surface area contributed by atoms with E-state index in [4.69, 9.17) is 5.26 Å². The van der Waals surface area contributed by atoms with Gasteiger partial charge in [-0.3, -0.25) is 4.79 Å². The maximum atomic E-state index is 14.1. The second-order valence-corrected chi connectivity index (χ2v) is 7.51. The number of hydrogen-bond donors (Lipinski definition) is 3. The highest BCUT2D eigenvalue weighted by Crippen LogP contribution is 2.24. The highest BCUT2D eigenvalue weighted by atomic mass is 19.1. The molecule has 1 amide bonds. The van der Waals surface area contributed by atoms with Crippen LogP contribution in [0.3, 0.4) is 0 Å². The van der Waals surface area contributed by atoms with Crippen LogP contribution in [0.25, 0.3) is 0 Å². The number of aromatic nitrogens is 2. The first-order valence-electron chi connectivity index (χ1n) is 9.86. The first-order valence-corrected chi connectivity index (χ1v) is 9.86. The number of pyridine rings is 2.